The summed E-state index contributed by atoms with van der Waals surface area (Å²) in [5.74, 6) is 1.18. The molecular weight excluding hydrogens is 368 g/mol. The molecule has 0 radical (unpaired) electrons. The molecule has 0 aliphatic carbocycles. The highest BCUT2D eigenvalue weighted by atomic mass is 32.2. The number of hydrogen-bond acceptors (Lipinski definition) is 5. The number of nitrogens with zero attached hydrogens (tertiary/aromatic N) is 3. The Morgan fingerprint density at radius 2 is 2.04 bits per heavy atom. The van der Waals surface area contributed by atoms with Gasteiger partial charge in [0.2, 0.25) is 5.91 Å². The van der Waals surface area contributed by atoms with E-state index in [0.29, 0.717) is 24.8 Å². The van der Waals surface area contributed by atoms with E-state index in [0.717, 1.165) is 37.9 Å². The van der Waals surface area contributed by atoms with Crippen LogP contribution in [0, 0.1) is 0 Å². The molecule has 3 saturated heterocycles. The van der Waals surface area contributed by atoms with Crippen LogP contribution >= 0.6 is 11.8 Å². The molecule has 0 unspecified atom stereocenters. The van der Waals surface area contributed by atoms with E-state index in [1.807, 2.05) is 16.7 Å². The van der Waals surface area contributed by atoms with Gasteiger partial charge in [0, 0.05) is 36.6 Å². The van der Waals surface area contributed by atoms with Crippen molar-refractivity contribution in [3.05, 3.63) is 16.8 Å². The number of amides is 3. The maximum atomic E-state index is 12.4. The van der Waals surface area contributed by atoms with Crippen molar-refractivity contribution in [2.75, 3.05) is 18.8 Å². The summed E-state index contributed by atoms with van der Waals surface area (Å²) in [5, 5.41) is 12.6. The summed E-state index contributed by atoms with van der Waals surface area (Å²) < 4.78 is 1.63. The van der Waals surface area contributed by atoms with Crippen LogP contribution < -0.4 is 16.3 Å². The van der Waals surface area contributed by atoms with Crippen molar-refractivity contribution in [2.24, 2.45) is 0 Å². The van der Waals surface area contributed by atoms with Crippen molar-refractivity contribution in [3.63, 3.8) is 0 Å². The predicted molar refractivity (Wildman–Crippen MR) is 102 cm³/mol. The quantitative estimate of drug-likeness (QED) is 0.479. The van der Waals surface area contributed by atoms with Crippen molar-refractivity contribution >= 4 is 23.7 Å². The first-order chi connectivity index (χ1) is 13.1. The third-order valence-corrected chi connectivity index (χ3v) is 7.36. The fourth-order valence-electron chi connectivity index (χ4n) is 4.33. The summed E-state index contributed by atoms with van der Waals surface area (Å²) in [4.78, 5) is 37.4. The molecule has 148 valence electrons. The highest BCUT2D eigenvalue weighted by Crippen LogP contribution is 2.33. The Morgan fingerprint density at radius 1 is 1.22 bits per heavy atom. The number of piperidine rings is 1. The molecular formula is C17H26N6O3S. The standard InChI is InChI=1S/C17H26N6O3S/c24-14(22-7-5-11(6-8-22)23-10-18-21-17(23)26)4-2-1-3-13-15-12(9-27-13)19-16(25)20-15/h10-13,15H,1-9H2,(H,21,26)(H2,19,20,25)/t12-,13-,15-/m0/s1. The molecule has 1 aromatic rings. The van der Waals surface area contributed by atoms with E-state index in [2.05, 4.69) is 20.8 Å². The molecule has 9 nitrogen and oxygen atoms in total. The number of thioether (sulfide) groups is 1. The Labute approximate surface area is 161 Å². The second-order valence-corrected chi connectivity index (χ2v) is 8.82. The smallest absolute Gasteiger partial charge is 0.343 e. The number of carbonyl (C=O) groups is 2. The minimum atomic E-state index is -0.180. The van der Waals surface area contributed by atoms with Gasteiger partial charge >= 0.3 is 11.7 Å². The third kappa shape index (κ3) is 3.99. The normalized spacial score (nSPS) is 28.1. The molecule has 0 bridgehead atoms. The van der Waals surface area contributed by atoms with Crippen molar-refractivity contribution in [1.82, 2.24) is 30.3 Å². The largest absolute Gasteiger partial charge is 0.343 e. The van der Waals surface area contributed by atoms with E-state index in [1.54, 1.807) is 10.9 Å². The summed E-state index contributed by atoms with van der Waals surface area (Å²) in [7, 11) is 0. The van der Waals surface area contributed by atoms with Crippen molar-refractivity contribution < 1.29 is 9.59 Å². The molecule has 1 aromatic heterocycles. The number of likely N-dealkylation sites (tertiary alicyclic amines) is 1. The molecule has 3 N–H and O–H groups in total. The van der Waals surface area contributed by atoms with Crippen LogP contribution in [0.5, 0.6) is 0 Å². The Hall–Kier alpha value is -1.97. The summed E-state index contributed by atoms with van der Waals surface area (Å²) in [6.07, 6.45) is 6.62. The number of aromatic nitrogens is 3. The Bertz CT molecular complexity index is 741. The molecule has 3 fully saturated rings. The first kappa shape index (κ1) is 18.4. The highest BCUT2D eigenvalue weighted by Gasteiger charge is 2.42. The Morgan fingerprint density at radius 3 is 2.78 bits per heavy atom. The van der Waals surface area contributed by atoms with E-state index in [-0.39, 0.29) is 35.8 Å². The molecule has 3 atom stereocenters. The fraction of sp³-hybridized carbons (Fsp3) is 0.765. The molecule has 0 spiro atoms. The number of H-pyrrole nitrogens is 1. The van der Waals surface area contributed by atoms with Crippen LogP contribution in [0.3, 0.4) is 0 Å². The first-order valence-electron chi connectivity index (χ1n) is 9.70. The zero-order valence-electron chi connectivity index (χ0n) is 15.2. The minimum absolute atomic E-state index is 0.0495. The van der Waals surface area contributed by atoms with Gasteiger partial charge in [-0.1, -0.05) is 6.42 Å². The maximum Gasteiger partial charge on any atom is 0.343 e. The maximum absolute atomic E-state index is 12.4. The molecule has 10 heteroatoms. The van der Waals surface area contributed by atoms with Crippen LogP contribution in [-0.2, 0) is 4.79 Å². The van der Waals surface area contributed by atoms with Crippen LogP contribution in [0.25, 0.3) is 0 Å². The van der Waals surface area contributed by atoms with Gasteiger partial charge in [-0.3, -0.25) is 9.36 Å². The zero-order valence-corrected chi connectivity index (χ0v) is 16.0. The van der Waals surface area contributed by atoms with Crippen LogP contribution in [0.1, 0.15) is 44.6 Å². The number of urea groups is 1. The SMILES string of the molecule is O=C1N[C@H]2[C@H](CS[C@H]2CCCCC(=O)N2CCC(n3cn[nH]c3=O)CC2)N1. The molecule has 4 heterocycles. The van der Waals surface area contributed by atoms with Crippen molar-refractivity contribution in [3.8, 4) is 0 Å². The van der Waals surface area contributed by atoms with E-state index < -0.39 is 0 Å². The van der Waals surface area contributed by atoms with Gasteiger partial charge in [0.1, 0.15) is 6.33 Å². The molecule has 27 heavy (non-hydrogen) atoms. The van der Waals surface area contributed by atoms with Gasteiger partial charge < -0.3 is 15.5 Å². The van der Waals surface area contributed by atoms with E-state index in [9.17, 15) is 14.4 Å². The molecule has 3 aliphatic rings. The number of unbranched alkanes of at least 4 members (excludes halogenated alkanes) is 1. The second kappa shape index (κ2) is 7.95. The van der Waals surface area contributed by atoms with Gasteiger partial charge in [-0.05, 0) is 25.7 Å². The lowest BCUT2D eigenvalue weighted by Gasteiger charge is -2.32. The lowest BCUT2D eigenvalue weighted by Crippen LogP contribution is -2.40. The minimum Gasteiger partial charge on any atom is -0.343 e. The predicted octanol–water partition coefficient (Wildman–Crippen LogP) is 0.461. The average molecular weight is 395 g/mol. The van der Waals surface area contributed by atoms with Gasteiger partial charge in [-0.15, -0.1) is 0 Å². The Kier molecular flexibility index (Phi) is 5.42. The van der Waals surface area contributed by atoms with E-state index in [4.69, 9.17) is 0 Å². The number of hydrogen-bond donors (Lipinski definition) is 3. The van der Waals surface area contributed by atoms with Crippen LogP contribution in [0.2, 0.25) is 0 Å². The van der Waals surface area contributed by atoms with Crippen molar-refractivity contribution in [2.45, 2.75) is 61.9 Å². The first-order valence-corrected chi connectivity index (χ1v) is 10.7. The molecule has 3 aliphatic heterocycles. The summed E-state index contributed by atoms with van der Waals surface area (Å²) in [6, 6.07) is 0.580. The zero-order chi connectivity index (χ0) is 18.8. The van der Waals surface area contributed by atoms with Gasteiger partial charge in [-0.2, -0.15) is 16.9 Å². The number of aromatic amines is 1. The number of rotatable bonds is 6. The average Bonchev–Trinajstić information content (AvgIpc) is 3.35. The third-order valence-electron chi connectivity index (χ3n) is 5.85. The monoisotopic (exact) mass is 394 g/mol. The Balaban J connectivity index is 1.15. The topological polar surface area (TPSA) is 112 Å². The van der Waals surface area contributed by atoms with Crippen LogP contribution in [-0.4, -0.2) is 67.8 Å². The lowest BCUT2D eigenvalue weighted by atomic mass is 10.0. The highest BCUT2D eigenvalue weighted by molar-refractivity contribution is 8.00. The summed E-state index contributed by atoms with van der Waals surface area (Å²) in [5.41, 5.74) is -0.180. The van der Waals surface area contributed by atoms with Crippen LogP contribution in [0.15, 0.2) is 11.1 Å². The van der Waals surface area contributed by atoms with E-state index in [1.165, 1.54) is 0 Å². The second-order valence-electron chi connectivity index (χ2n) is 7.55. The van der Waals surface area contributed by atoms with Gasteiger partial charge in [0.05, 0.1) is 12.1 Å². The molecule has 0 saturated carbocycles. The van der Waals surface area contributed by atoms with Crippen molar-refractivity contribution in [1.29, 1.82) is 0 Å². The van der Waals surface area contributed by atoms with Gasteiger partial charge in [0.25, 0.3) is 0 Å². The van der Waals surface area contributed by atoms with Gasteiger partial charge in [-0.25, -0.2) is 14.7 Å². The number of fused-ring (bicyclic) bond motifs is 1. The van der Waals surface area contributed by atoms with Gasteiger partial charge in [0.15, 0.2) is 0 Å². The molecule has 4 rings (SSSR count). The number of carbonyl (C=O) groups excluding carboxylic acids is 2. The fourth-order valence-corrected chi connectivity index (χ4v) is 5.88. The summed E-state index contributed by atoms with van der Waals surface area (Å²) >= 11 is 1.92. The summed E-state index contributed by atoms with van der Waals surface area (Å²) in [6.45, 7) is 1.39. The van der Waals surface area contributed by atoms with E-state index >= 15 is 0 Å². The molecule has 0 aromatic carbocycles. The molecule has 3 amide bonds. The lowest BCUT2D eigenvalue weighted by molar-refractivity contribution is -0.132. The van der Waals surface area contributed by atoms with Crippen LogP contribution in [0.4, 0.5) is 4.79 Å². The number of nitrogens with one attached hydrogen (secondary N) is 3.